The summed E-state index contributed by atoms with van der Waals surface area (Å²) in [5.74, 6) is -0.559. The van der Waals surface area contributed by atoms with Crippen LogP contribution in [0.4, 0.5) is 0 Å². The summed E-state index contributed by atoms with van der Waals surface area (Å²) in [7, 11) is 0. The lowest BCUT2D eigenvalue weighted by atomic mass is 9.88. The maximum atomic E-state index is 9.29. The van der Waals surface area contributed by atoms with E-state index in [4.69, 9.17) is 5.11 Å². The molecule has 0 saturated heterocycles. The molecule has 3 rings (SSSR count). The van der Waals surface area contributed by atoms with E-state index in [2.05, 4.69) is 141 Å². The van der Waals surface area contributed by atoms with Crippen LogP contribution in [-0.4, -0.2) is 34.8 Å². The van der Waals surface area contributed by atoms with Crippen LogP contribution in [0.25, 0.3) is 0 Å². The Hall–Kier alpha value is -3.24. The molecule has 0 aliphatic rings. The Morgan fingerprint density at radius 1 is 0.892 bits per heavy atom. The van der Waals surface area contributed by atoms with Crippen molar-refractivity contribution in [2.75, 3.05) is 18.8 Å². The van der Waals surface area contributed by atoms with Gasteiger partial charge in [-0.3, -0.25) is 4.79 Å². The molecule has 0 aromatic heterocycles. The molecule has 3 aromatic rings. The smallest absolute Gasteiger partial charge is 0.313 e. The van der Waals surface area contributed by atoms with Crippen LogP contribution >= 0.6 is 12.6 Å². The molecule has 0 heterocycles. The number of nitrogens with zero attached hydrogens (tertiary/aromatic N) is 1. The zero-order valence-corrected chi connectivity index (χ0v) is 23.1. The molecule has 0 unspecified atom stereocenters. The van der Waals surface area contributed by atoms with Crippen molar-refractivity contribution in [1.29, 1.82) is 0 Å². The summed E-state index contributed by atoms with van der Waals surface area (Å²) >= 11 is 3.42. The van der Waals surface area contributed by atoms with Gasteiger partial charge in [-0.05, 0) is 55.4 Å². The van der Waals surface area contributed by atoms with Gasteiger partial charge in [-0.25, -0.2) is 0 Å². The molecule has 0 atom stereocenters. The Morgan fingerprint density at radius 3 is 1.86 bits per heavy atom. The van der Waals surface area contributed by atoms with E-state index in [0.29, 0.717) is 5.92 Å². The fourth-order valence-electron chi connectivity index (χ4n) is 4.35. The van der Waals surface area contributed by atoms with Crippen LogP contribution in [0, 0.1) is 0 Å². The average Bonchev–Trinajstić information content (AvgIpc) is 2.94. The van der Waals surface area contributed by atoms with Crippen molar-refractivity contribution in [3.8, 4) is 0 Å². The van der Waals surface area contributed by atoms with E-state index in [1.165, 1.54) is 22.4 Å². The highest BCUT2D eigenvalue weighted by molar-refractivity contribution is 7.81. The number of hydrogen-bond acceptors (Lipinski definition) is 3. The van der Waals surface area contributed by atoms with Gasteiger partial charge in [0.05, 0.1) is 5.75 Å². The Bertz CT molecular complexity index is 1030. The Balaban J connectivity index is 0.000000877. The standard InChI is InChI=1S/C31H37N.C2H4O2S/c1-3-15-30(16-4-2)32(25-14-19-27-17-8-5-9-18-27)26-24-31(28-20-10-6-11-21-28)29-22-12-7-13-23-29;3-2(4)1-5/h3,5-13,15-18,20-23,31H,4,14,19,24-26H2,1-2H3;5H,1H2,(H,3,4)/b15-3+,30-16-;. The van der Waals surface area contributed by atoms with Crippen molar-refractivity contribution in [3.05, 3.63) is 132 Å². The number of aryl methyl sites for hydroxylation is 1. The second-order valence-corrected chi connectivity index (χ2v) is 9.14. The minimum Gasteiger partial charge on any atom is -0.481 e. The van der Waals surface area contributed by atoms with E-state index >= 15 is 0 Å². The molecule has 0 aliphatic heterocycles. The molecule has 4 heteroatoms. The number of hydrogen-bond donors (Lipinski definition) is 2. The lowest BCUT2D eigenvalue weighted by Gasteiger charge is -2.29. The molecule has 0 bridgehead atoms. The van der Waals surface area contributed by atoms with E-state index in [9.17, 15) is 4.79 Å². The number of carboxylic acids is 1. The lowest BCUT2D eigenvalue weighted by Crippen LogP contribution is -2.26. The van der Waals surface area contributed by atoms with Crippen molar-refractivity contribution in [3.63, 3.8) is 0 Å². The average molecular weight is 516 g/mol. The van der Waals surface area contributed by atoms with Crippen molar-refractivity contribution in [2.45, 2.75) is 45.4 Å². The van der Waals surface area contributed by atoms with Crippen LogP contribution in [0.1, 0.15) is 55.7 Å². The van der Waals surface area contributed by atoms with Crippen LogP contribution in [0.15, 0.2) is 115 Å². The van der Waals surface area contributed by atoms with E-state index in [-0.39, 0.29) is 5.75 Å². The van der Waals surface area contributed by atoms with Gasteiger partial charge in [0.2, 0.25) is 0 Å². The normalized spacial score (nSPS) is 11.3. The molecule has 3 nitrogen and oxygen atoms in total. The number of aliphatic carboxylic acids is 1. The minimum atomic E-state index is -0.881. The predicted octanol–water partition coefficient (Wildman–Crippen LogP) is 8.01. The first-order valence-corrected chi connectivity index (χ1v) is 13.8. The van der Waals surface area contributed by atoms with Gasteiger partial charge < -0.3 is 10.0 Å². The molecule has 196 valence electrons. The number of benzene rings is 3. The molecular weight excluding hydrogens is 474 g/mol. The van der Waals surface area contributed by atoms with Crippen molar-refractivity contribution < 1.29 is 9.90 Å². The Morgan fingerprint density at radius 2 is 1.41 bits per heavy atom. The van der Waals surface area contributed by atoms with E-state index < -0.39 is 5.97 Å². The second-order valence-electron chi connectivity index (χ2n) is 8.83. The molecule has 0 spiro atoms. The molecule has 1 N–H and O–H groups in total. The number of allylic oxidation sites excluding steroid dienone is 3. The topological polar surface area (TPSA) is 40.5 Å². The Kier molecular flexibility index (Phi) is 14.6. The van der Waals surface area contributed by atoms with Crippen molar-refractivity contribution >= 4 is 18.6 Å². The Labute approximate surface area is 229 Å². The molecule has 0 aliphatic carbocycles. The highest BCUT2D eigenvalue weighted by atomic mass is 32.1. The molecule has 37 heavy (non-hydrogen) atoms. The fraction of sp³-hybridized carbons (Fsp3) is 0.303. The zero-order valence-electron chi connectivity index (χ0n) is 22.2. The molecule has 3 aromatic carbocycles. The van der Waals surface area contributed by atoms with Gasteiger partial charge in [0.25, 0.3) is 0 Å². The van der Waals surface area contributed by atoms with Crippen LogP contribution in [-0.2, 0) is 11.2 Å². The molecule has 0 saturated carbocycles. The van der Waals surface area contributed by atoms with E-state index in [1.54, 1.807) is 0 Å². The van der Waals surface area contributed by atoms with Crippen LogP contribution in [0.2, 0.25) is 0 Å². The summed E-state index contributed by atoms with van der Waals surface area (Å²) in [6, 6.07) is 32.8. The van der Waals surface area contributed by atoms with Gasteiger partial charge in [-0.15, -0.1) is 0 Å². The monoisotopic (exact) mass is 515 g/mol. The summed E-state index contributed by atoms with van der Waals surface area (Å²) < 4.78 is 0. The van der Waals surface area contributed by atoms with Gasteiger partial charge in [0.1, 0.15) is 0 Å². The van der Waals surface area contributed by atoms with Gasteiger partial charge >= 0.3 is 5.97 Å². The fourth-order valence-corrected chi connectivity index (χ4v) is 4.35. The maximum absolute atomic E-state index is 9.29. The molecule has 0 radical (unpaired) electrons. The highest BCUT2D eigenvalue weighted by Gasteiger charge is 2.16. The van der Waals surface area contributed by atoms with Gasteiger partial charge in [0, 0.05) is 24.7 Å². The van der Waals surface area contributed by atoms with Gasteiger partial charge in [-0.2, -0.15) is 12.6 Å². The van der Waals surface area contributed by atoms with Crippen molar-refractivity contribution in [2.24, 2.45) is 0 Å². The third-order valence-corrected chi connectivity index (χ3v) is 6.35. The van der Waals surface area contributed by atoms with Crippen LogP contribution in [0.5, 0.6) is 0 Å². The van der Waals surface area contributed by atoms with E-state index in [1.807, 2.05) is 0 Å². The second kappa shape index (κ2) is 18.1. The minimum absolute atomic E-state index is 0.0833. The molecule has 0 fully saturated rings. The third kappa shape index (κ3) is 11.6. The quantitative estimate of drug-likeness (QED) is 0.179. The van der Waals surface area contributed by atoms with E-state index in [0.717, 1.165) is 38.8 Å². The predicted molar refractivity (Wildman–Crippen MR) is 160 cm³/mol. The summed E-state index contributed by atoms with van der Waals surface area (Å²) in [6.07, 6.45) is 11.2. The summed E-state index contributed by atoms with van der Waals surface area (Å²) in [5.41, 5.74) is 5.57. The first kappa shape index (κ1) is 30.0. The zero-order chi connectivity index (χ0) is 26.7. The first-order valence-electron chi connectivity index (χ1n) is 13.1. The largest absolute Gasteiger partial charge is 0.481 e. The van der Waals surface area contributed by atoms with Crippen LogP contribution in [0.3, 0.4) is 0 Å². The number of thiol groups is 1. The summed E-state index contributed by atoms with van der Waals surface area (Å²) in [6.45, 7) is 6.45. The molecule has 0 amide bonds. The van der Waals surface area contributed by atoms with Crippen LogP contribution < -0.4 is 0 Å². The first-order chi connectivity index (χ1) is 18.1. The number of carboxylic acid groups (broad SMARTS) is 1. The van der Waals surface area contributed by atoms with Gasteiger partial charge in [-0.1, -0.05) is 110 Å². The highest BCUT2D eigenvalue weighted by Crippen LogP contribution is 2.29. The van der Waals surface area contributed by atoms with Gasteiger partial charge in [0.15, 0.2) is 0 Å². The number of rotatable bonds is 13. The maximum Gasteiger partial charge on any atom is 0.313 e. The SMILES string of the molecule is C/C=C/C(=C/CC)N(CCCc1ccccc1)CCC(c1ccccc1)c1ccccc1.O=C(O)CS. The lowest BCUT2D eigenvalue weighted by molar-refractivity contribution is -0.133. The molecular formula is C33H41NO2S. The third-order valence-electron chi connectivity index (χ3n) is 6.08. The summed E-state index contributed by atoms with van der Waals surface area (Å²) in [4.78, 5) is 11.9. The summed E-state index contributed by atoms with van der Waals surface area (Å²) in [5, 5.41) is 7.65. The van der Waals surface area contributed by atoms with Crippen molar-refractivity contribution in [1.82, 2.24) is 4.90 Å². The number of carbonyl (C=O) groups is 1.